The Labute approximate surface area is 605 Å². The fourth-order valence-electron chi connectivity index (χ4n) is 19.8. The molecule has 0 bridgehead atoms. The van der Waals surface area contributed by atoms with Crippen molar-refractivity contribution >= 4 is 23.9 Å². The smallest absolute Gasteiger partial charge is 0.306 e. The van der Waals surface area contributed by atoms with E-state index >= 15 is 0 Å². The molecule has 0 heterocycles. The van der Waals surface area contributed by atoms with Gasteiger partial charge in [0, 0.05) is 25.7 Å². The molecule has 8 aliphatic carbocycles. The summed E-state index contributed by atoms with van der Waals surface area (Å²) in [5, 5.41) is 47.9. The number of phenols is 4. The van der Waals surface area contributed by atoms with Crippen molar-refractivity contribution < 1.29 is 58.6 Å². The number of aryl methyl sites for hydroxylation is 4. The molecule has 101 heavy (non-hydrogen) atoms. The molecule has 0 spiro atoms. The molecule has 0 atom stereocenters. The van der Waals surface area contributed by atoms with Crippen LogP contribution in [-0.4, -0.2) is 70.7 Å². The Morgan fingerprint density at radius 1 is 0.248 bits per heavy atom. The number of carbonyl (C=O) groups excluding carboxylic acids is 4. The highest BCUT2D eigenvalue weighted by Gasteiger charge is 2.39. The Kier molecular flexibility index (Phi) is 27.4. The van der Waals surface area contributed by atoms with Gasteiger partial charge < -0.3 is 39.4 Å². The monoisotopic (exact) mass is 1380 g/mol. The number of esters is 4. The number of hydrogen-bond donors (Lipinski definition) is 4. The molecular weight excluding hydrogens is 1260 g/mol. The van der Waals surface area contributed by atoms with Crippen LogP contribution >= 0.6 is 0 Å². The summed E-state index contributed by atoms with van der Waals surface area (Å²) in [7, 11) is 0. The van der Waals surface area contributed by atoms with Crippen LogP contribution < -0.4 is 0 Å². The largest absolute Gasteiger partial charge is 0.507 e. The van der Waals surface area contributed by atoms with Crippen molar-refractivity contribution in [3.05, 3.63) is 115 Å². The lowest BCUT2D eigenvalue weighted by Crippen LogP contribution is -2.44. The van der Waals surface area contributed by atoms with Crippen molar-refractivity contribution in [1.29, 1.82) is 0 Å². The molecule has 8 fully saturated rings. The number of phenolic OH excluding ortho intramolecular Hbond substituents is 4. The highest BCUT2D eigenvalue weighted by atomic mass is 16.6. The highest BCUT2D eigenvalue weighted by Crippen LogP contribution is 2.50. The van der Waals surface area contributed by atoms with Gasteiger partial charge in [0.2, 0.25) is 0 Å². The second-order valence-electron chi connectivity index (χ2n) is 33.3. The van der Waals surface area contributed by atoms with Gasteiger partial charge in [-0.3, -0.25) is 19.2 Å². The molecule has 0 amide bonds. The lowest BCUT2D eigenvalue weighted by molar-refractivity contribution is -0.170. The molecule has 0 saturated heterocycles. The normalized spacial score (nSPS) is 20.4. The molecule has 0 aliphatic heterocycles. The van der Waals surface area contributed by atoms with Crippen LogP contribution in [0, 0.1) is 5.41 Å². The first-order chi connectivity index (χ1) is 49.3. The third-order valence-corrected chi connectivity index (χ3v) is 25.9. The number of rotatable bonds is 28. The van der Waals surface area contributed by atoms with Crippen molar-refractivity contribution in [3.63, 3.8) is 0 Å². The molecule has 0 unspecified atom stereocenters. The van der Waals surface area contributed by atoms with E-state index in [0.717, 1.165) is 272 Å². The van der Waals surface area contributed by atoms with Gasteiger partial charge in [0.25, 0.3) is 0 Å². The Balaban J connectivity index is 0.817. The molecule has 0 aromatic heterocycles. The molecule has 0 radical (unpaired) electrons. The quantitative estimate of drug-likeness (QED) is 0.0312. The van der Waals surface area contributed by atoms with Crippen LogP contribution in [-0.2, 0) is 63.8 Å². The van der Waals surface area contributed by atoms with Crippen LogP contribution in [0.5, 0.6) is 23.0 Å². The SMILES string of the molecule is O=C(CCc1cc(C2CCCCC2)c(O)c(C2CCCCC2)c1)OCC(COC(=O)CCc1cc(C2CCCCC2)c(O)c(C2CCCCC2)c1)(COC(=O)CCc1cc(C2CCCCC2)c(O)c(C2CCCCC2)c1)COC(=O)CCc1cc(C2CCCCC2)c(O)c(C2CCCCC2)c1. The van der Waals surface area contributed by atoms with E-state index in [4.69, 9.17) is 18.9 Å². The van der Waals surface area contributed by atoms with Crippen LogP contribution in [0.4, 0.5) is 0 Å². The predicted octanol–water partition coefficient (Wildman–Crippen LogP) is 21.9. The Bertz CT molecular complexity index is 2750. The van der Waals surface area contributed by atoms with E-state index < -0.39 is 29.3 Å². The second-order valence-corrected chi connectivity index (χ2v) is 33.3. The van der Waals surface area contributed by atoms with Gasteiger partial charge in [-0.15, -0.1) is 0 Å². The number of ether oxygens (including phenoxy) is 4. The van der Waals surface area contributed by atoms with Gasteiger partial charge in [-0.2, -0.15) is 0 Å². The molecule has 12 rings (SSSR count). The summed E-state index contributed by atoms with van der Waals surface area (Å²) in [5.74, 6) is 1.89. The first-order valence-electron chi connectivity index (χ1n) is 41.4. The molecular formula is C89H124O12. The minimum atomic E-state index is -1.51. The molecule has 12 nitrogen and oxygen atoms in total. The van der Waals surface area contributed by atoms with Gasteiger partial charge in [0.05, 0.1) is 0 Å². The molecule has 12 heteroatoms. The van der Waals surface area contributed by atoms with E-state index in [-0.39, 0.29) is 99.5 Å². The average Bonchev–Trinajstić information content (AvgIpc) is 0.816. The van der Waals surface area contributed by atoms with Crippen LogP contribution in [0.1, 0.15) is 397 Å². The van der Waals surface area contributed by atoms with Crippen molar-refractivity contribution in [2.24, 2.45) is 5.41 Å². The van der Waals surface area contributed by atoms with E-state index in [9.17, 15) is 39.6 Å². The maximum Gasteiger partial charge on any atom is 0.306 e. The summed E-state index contributed by atoms with van der Waals surface area (Å²) >= 11 is 0. The van der Waals surface area contributed by atoms with Gasteiger partial charge >= 0.3 is 23.9 Å². The average molecular weight is 1390 g/mol. The van der Waals surface area contributed by atoms with E-state index in [2.05, 4.69) is 48.5 Å². The lowest BCUT2D eigenvalue weighted by atomic mass is 9.78. The highest BCUT2D eigenvalue weighted by molar-refractivity contribution is 5.72. The van der Waals surface area contributed by atoms with Gasteiger partial charge in [0.1, 0.15) is 54.8 Å². The maximum absolute atomic E-state index is 14.6. The summed E-state index contributed by atoms with van der Waals surface area (Å²) in [4.78, 5) is 58.3. The summed E-state index contributed by atoms with van der Waals surface area (Å²) in [6.07, 6.45) is 45.8. The predicted molar refractivity (Wildman–Crippen MR) is 399 cm³/mol. The van der Waals surface area contributed by atoms with Crippen LogP contribution in [0.25, 0.3) is 0 Å². The summed E-state index contributed by atoms with van der Waals surface area (Å²) in [6, 6.07) is 17.0. The minimum absolute atomic E-state index is 0.0311. The van der Waals surface area contributed by atoms with Crippen molar-refractivity contribution in [1.82, 2.24) is 0 Å². The molecule has 4 aromatic carbocycles. The van der Waals surface area contributed by atoms with E-state index in [1.807, 2.05) is 0 Å². The molecule has 4 N–H and O–H groups in total. The molecule has 8 aliphatic rings. The van der Waals surface area contributed by atoms with Crippen LogP contribution in [0.2, 0.25) is 0 Å². The second kappa shape index (κ2) is 37.1. The fourth-order valence-corrected chi connectivity index (χ4v) is 19.8. The first-order valence-corrected chi connectivity index (χ1v) is 41.4. The number of carbonyl (C=O) groups is 4. The first kappa shape index (κ1) is 74.7. The number of hydrogen-bond acceptors (Lipinski definition) is 12. The third kappa shape index (κ3) is 20.3. The Morgan fingerprint density at radius 3 is 0.525 bits per heavy atom. The minimum Gasteiger partial charge on any atom is -0.507 e. The van der Waals surface area contributed by atoms with Gasteiger partial charge in [-0.05, 0) is 243 Å². The molecule has 8 saturated carbocycles. The van der Waals surface area contributed by atoms with E-state index in [1.54, 1.807) is 0 Å². The third-order valence-electron chi connectivity index (χ3n) is 25.9. The summed E-state index contributed by atoms with van der Waals surface area (Å²) in [6.45, 7) is -1.48. The zero-order valence-electron chi connectivity index (χ0n) is 61.6. The standard InChI is InChI=1S/C89H124O12/c90-81(45-41-61-49-73(65-25-9-1-10-26-65)85(94)74(50-61)66-27-11-2-12-28-66)98-57-89(58-99-82(91)46-42-62-51-75(67-29-13-3-14-30-67)86(95)76(52-62)68-31-15-4-16-32-68,59-100-83(92)47-43-63-53-77(69-33-17-5-18-34-69)87(96)78(54-63)70-35-19-6-20-36-70)60-101-84(93)48-44-64-55-79(71-37-21-7-22-38-71)88(97)80(56-64)72-39-23-8-24-40-72/h49-56,65-72,94-97H,1-48,57-60H2. The maximum atomic E-state index is 14.6. The Hall–Kier alpha value is -6.04. The fraction of sp³-hybridized carbons (Fsp3) is 0.685. The summed E-state index contributed by atoms with van der Waals surface area (Å²) < 4.78 is 25.4. The summed E-state index contributed by atoms with van der Waals surface area (Å²) in [5.41, 5.74) is 10.4. The van der Waals surface area contributed by atoms with Crippen LogP contribution in [0.15, 0.2) is 48.5 Å². The zero-order chi connectivity index (χ0) is 69.9. The number of aromatic hydroxyl groups is 4. The van der Waals surface area contributed by atoms with E-state index in [1.165, 1.54) is 51.4 Å². The Morgan fingerprint density at radius 2 is 0.386 bits per heavy atom. The number of benzene rings is 4. The van der Waals surface area contributed by atoms with Crippen molar-refractivity contribution in [2.45, 2.75) is 356 Å². The van der Waals surface area contributed by atoms with Gasteiger partial charge in [-0.1, -0.05) is 203 Å². The van der Waals surface area contributed by atoms with Crippen molar-refractivity contribution in [2.75, 3.05) is 26.4 Å². The zero-order valence-corrected chi connectivity index (χ0v) is 61.6. The van der Waals surface area contributed by atoms with E-state index in [0.29, 0.717) is 48.7 Å². The molecule has 552 valence electrons. The van der Waals surface area contributed by atoms with Crippen LogP contribution in [0.3, 0.4) is 0 Å². The van der Waals surface area contributed by atoms with Gasteiger partial charge in [-0.25, -0.2) is 0 Å². The van der Waals surface area contributed by atoms with Crippen molar-refractivity contribution in [3.8, 4) is 23.0 Å². The topological polar surface area (TPSA) is 186 Å². The van der Waals surface area contributed by atoms with Gasteiger partial charge in [0.15, 0.2) is 0 Å². The lowest BCUT2D eigenvalue weighted by Gasteiger charge is -2.32. The molecule has 4 aromatic rings.